The number of anilines is 1. The van der Waals surface area contributed by atoms with Gasteiger partial charge in [0.1, 0.15) is 11.7 Å². The Morgan fingerprint density at radius 3 is 2.84 bits per heavy atom. The highest BCUT2D eigenvalue weighted by Gasteiger charge is 2.12. The highest BCUT2D eigenvalue weighted by atomic mass is 32.1. The predicted octanol–water partition coefficient (Wildman–Crippen LogP) is 2.41. The lowest BCUT2D eigenvalue weighted by Gasteiger charge is -2.21. The predicted molar refractivity (Wildman–Crippen MR) is 81.3 cm³/mol. The van der Waals surface area contributed by atoms with Gasteiger partial charge in [-0.3, -0.25) is 5.41 Å². The molecule has 0 fully saturated rings. The number of amidine groups is 1. The summed E-state index contributed by atoms with van der Waals surface area (Å²) in [6, 6.07) is 7.94. The molecule has 100 valence electrons. The lowest BCUT2D eigenvalue weighted by atomic mass is 10.2. The van der Waals surface area contributed by atoms with Crippen LogP contribution in [0.15, 0.2) is 29.6 Å². The van der Waals surface area contributed by atoms with Gasteiger partial charge in [0.25, 0.3) is 0 Å². The van der Waals surface area contributed by atoms with E-state index in [1.54, 1.807) is 11.3 Å². The van der Waals surface area contributed by atoms with E-state index in [0.717, 1.165) is 24.5 Å². The van der Waals surface area contributed by atoms with E-state index in [4.69, 9.17) is 11.1 Å². The standard InChI is InChI=1S/C14H18N4S/c1-10-5-6-12(13(15)16)14(17-10)18(2)8-7-11-4-3-9-19-11/h3-6,9H,7-8H2,1-2H3,(H3,15,16). The Morgan fingerprint density at radius 2 is 2.21 bits per heavy atom. The minimum absolute atomic E-state index is 0.0606. The number of nitrogens with one attached hydrogen (secondary N) is 1. The van der Waals surface area contributed by atoms with E-state index in [-0.39, 0.29) is 5.84 Å². The summed E-state index contributed by atoms with van der Waals surface area (Å²) in [7, 11) is 1.99. The van der Waals surface area contributed by atoms with Crippen molar-refractivity contribution in [2.45, 2.75) is 13.3 Å². The molecule has 0 bridgehead atoms. The van der Waals surface area contributed by atoms with Crippen LogP contribution in [-0.4, -0.2) is 24.4 Å². The van der Waals surface area contributed by atoms with E-state index in [0.29, 0.717) is 5.56 Å². The molecule has 0 atom stereocenters. The molecule has 2 aromatic heterocycles. The number of aromatic nitrogens is 1. The molecule has 19 heavy (non-hydrogen) atoms. The van der Waals surface area contributed by atoms with Gasteiger partial charge >= 0.3 is 0 Å². The van der Waals surface area contributed by atoms with Crippen LogP contribution in [0.3, 0.4) is 0 Å². The van der Waals surface area contributed by atoms with Crippen molar-refractivity contribution < 1.29 is 0 Å². The highest BCUT2D eigenvalue weighted by Crippen LogP contribution is 2.18. The molecule has 0 unspecified atom stereocenters. The number of thiophene rings is 1. The van der Waals surface area contributed by atoms with Gasteiger partial charge in [-0.2, -0.15) is 0 Å². The first-order chi connectivity index (χ1) is 9.08. The molecule has 0 spiro atoms. The maximum Gasteiger partial charge on any atom is 0.139 e. The van der Waals surface area contributed by atoms with E-state index in [9.17, 15) is 0 Å². The van der Waals surface area contributed by atoms with Crippen molar-refractivity contribution in [1.29, 1.82) is 5.41 Å². The Morgan fingerprint density at radius 1 is 1.42 bits per heavy atom. The van der Waals surface area contributed by atoms with Crippen molar-refractivity contribution in [3.05, 3.63) is 45.8 Å². The topological polar surface area (TPSA) is 66.0 Å². The van der Waals surface area contributed by atoms with E-state index in [1.165, 1.54) is 4.88 Å². The SMILES string of the molecule is Cc1ccc(C(=N)N)c(N(C)CCc2cccs2)n1. The van der Waals surface area contributed by atoms with Crippen LogP contribution in [0.5, 0.6) is 0 Å². The second-order valence-electron chi connectivity index (χ2n) is 4.49. The summed E-state index contributed by atoms with van der Waals surface area (Å²) in [6.45, 7) is 2.80. The van der Waals surface area contributed by atoms with Crippen molar-refractivity contribution in [3.8, 4) is 0 Å². The Bertz CT molecular complexity index is 563. The molecular weight excluding hydrogens is 256 g/mol. The number of hydrogen-bond acceptors (Lipinski definition) is 4. The van der Waals surface area contributed by atoms with Gasteiger partial charge in [0.05, 0.1) is 5.56 Å². The van der Waals surface area contributed by atoms with Gasteiger partial charge in [-0.15, -0.1) is 11.3 Å². The summed E-state index contributed by atoms with van der Waals surface area (Å²) in [4.78, 5) is 7.91. The second kappa shape index (κ2) is 5.84. The zero-order valence-electron chi connectivity index (χ0n) is 11.2. The van der Waals surface area contributed by atoms with Crippen LogP contribution in [0.1, 0.15) is 16.1 Å². The van der Waals surface area contributed by atoms with E-state index < -0.39 is 0 Å². The van der Waals surface area contributed by atoms with E-state index in [1.807, 2.05) is 26.1 Å². The van der Waals surface area contributed by atoms with Crippen molar-refractivity contribution >= 4 is 23.0 Å². The molecule has 0 aliphatic rings. The second-order valence-corrected chi connectivity index (χ2v) is 5.52. The summed E-state index contributed by atoms with van der Waals surface area (Å²) >= 11 is 1.76. The largest absolute Gasteiger partial charge is 0.384 e. The zero-order valence-corrected chi connectivity index (χ0v) is 12.0. The van der Waals surface area contributed by atoms with Crippen LogP contribution >= 0.6 is 11.3 Å². The third kappa shape index (κ3) is 3.32. The van der Waals surface area contributed by atoms with Crippen LogP contribution in [-0.2, 0) is 6.42 Å². The normalized spacial score (nSPS) is 10.4. The number of hydrogen-bond donors (Lipinski definition) is 2. The van der Waals surface area contributed by atoms with Gasteiger partial charge in [-0.25, -0.2) is 4.98 Å². The van der Waals surface area contributed by atoms with E-state index in [2.05, 4.69) is 27.4 Å². The molecule has 4 nitrogen and oxygen atoms in total. The molecular formula is C14H18N4S. The lowest BCUT2D eigenvalue weighted by molar-refractivity contribution is 0.863. The number of aryl methyl sites for hydroxylation is 1. The average molecular weight is 274 g/mol. The Kier molecular flexibility index (Phi) is 4.16. The van der Waals surface area contributed by atoms with Crippen molar-refractivity contribution in [3.63, 3.8) is 0 Å². The molecule has 2 aromatic rings. The smallest absolute Gasteiger partial charge is 0.139 e. The fourth-order valence-corrected chi connectivity index (χ4v) is 2.58. The molecule has 0 aliphatic carbocycles. The molecule has 0 saturated carbocycles. The van der Waals surface area contributed by atoms with Crippen molar-refractivity contribution in [2.24, 2.45) is 5.73 Å². The third-order valence-electron chi connectivity index (χ3n) is 2.94. The van der Waals surface area contributed by atoms with Gasteiger partial charge in [-0.1, -0.05) is 6.07 Å². The number of likely N-dealkylation sites (N-methyl/N-ethyl adjacent to an activating group) is 1. The minimum Gasteiger partial charge on any atom is -0.384 e. The molecule has 0 radical (unpaired) electrons. The summed E-state index contributed by atoms with van der Waals surface area (Å²) < 4.78 is 0. The lowest BCUT2D eigenvalue weighted by Crippen LogP contribution is -2.25. The summed E-state index contributed by atoms with van der Waals surface area (Å²) in [5.74, 6) is 0.842. The van der Waals surface area contributed by atoms with Crippen LogP contribution < -0.4 is 10.6 Å². The van der Waals surface area contributed by atoms with Crippen LogP contribution in [0, 0.1) is 12.3 Å². The van der Waals surface area contributed by atoms with Crippen LogP contribution in [0.2, 0.25) is 0 Å². The van der Waals surface area contributed by atoms with Crippen molar-refractivity contribution in [2.75, 3.05) is 18.5 Å². The van der Waals surface area contributed by atoms with Crippen LogP contribution in [0.4, 0.5) is 5.82 Å². The number of nitrogens with zero attached hydrogens (tertiary/aromatic N) is 2. The Hall–Kier alpha value is -1.88. The fraction of sp³-hybridized carbons (Fsp3) is 0.286. The summed E-state index contributed by atoms with van der Waals surface area (Å²) in [6.07, 6.45) is 0.973. The van der Waals surface area contributed by atoms with Crippen molar-refractivity contribution in [1.82, 2.24) is 4.98 Å². The van der Waals surface area contributed by atoms with E-state index >= 15 is 0 Å². The highest BCUT2D eigenvalue weighted by molar-refractivity contribution is 7.09. The summed E-state index contributed by atoms with van der Waals surface area (Å²) in [5.41, 5.74) is 7.24. The Balaban J connectivity index is 2.15. The summed E-state index contributed by atoms with van der Waals surface area (Å²) in [5, 5.41) is 9.71. The first-order valence-electron chi connectivity index (χ1n) is 6.13. The maximum absolute atomic E-state index is 7.62. The minimum atomic E-state index is 0.0606. The number of nitrogen functional groups attached to an aromatic ring is 1. The molecule has 0 aromatic carbocycles. The Labute approximate surface area is 117 Å². The van der Waals surface area contributed by atoms with Gasteiger partial charge < -0.3 is 10.6 Å². The van der Waals surface area contributed by atoms with Gasteiger partial charge in [0, 0.05) is 24.2 Å². The zero-order chi connectivity index (χ0) is 13.8. The molecule has 2 heterocycles. The third-order valence-corrected chi connectivity index (χ3v) is 3.88. The molecule has 5 heteroatoms. The maximum atomic E-state index is 7.62. The molecule has 2 rings (SSSR count). The first-order valence-corrected chi connectivity index (χ1v) is 7.01. The number of nitrogens with two attached hydrogens (primary N) is 1. The van der Waals surface area contributed by atoms with Gasteiger partial charge in [-0.05, 0) is 36.9 Å². The monoisotopic (exact) mass is 274 g/mol. The average Bonchev–Trinajstić information content (AvgIpc) is 2.88. The number of pyridine rings is 1. The van der Waals surface area contributed by atoms with Gasteiger partial charge in [0.15, 0.2) is 0 Å². The molecule has 0 amide bonds. The quantitative estimate of drug-likeness (QED) is 0.650. The number of rotatable bonds is 5. The molecule has 0 saturated heterocycles. The fourth-order valence-electron chi connectivity index (χ4n) is 1.88. The van der Waals surface area contributed by atoms with Crippen LogP contribution in [0.25, 0.3) is 0 Å². The first kappa shape index (κ1) is 13.5. The van der Waals surface area contributed by atoms with Gasteiger partial charge in [0.2, 0.25) is 0 Å². The molecule has 3 N–H and O–H groups in total. The molecule has 0 aliphatic heterocycles.